The monoisotopic (exact) mass is 278 g/mol. The molecule has 1 fully saturated rings. The fourth-order valence-corrected chi connectivity index (χ4v) is 4.33. The van der Waals surface area contributed by atoms with Crippen molar-refractivity contribution in [3.05, 3.63) is 47.0 Å². The van der Waals surface area contributed by atoms with Gasteiger partial charge in [-0.25, -0.2) is 0 Å². The van der Waals surface area contributed by atoms with Crippen molar-refractivity contribution in [1.29, 1.82) is 0 Å². The number of aryl methyl sites for hydroxylation is 2. The van der Waals surface area contributed by atoms with E-state index in [-0.39, 0.29) is 5.41 Å². The Bertz CT molecular complexity index is 710. The van der Waals surface area contributed by atoms with Gasteiger partial charge in [-0.2, -0.15) is 0 Å². The molecular weight excluding hydrogens is 256 g/mol. The lowest BCUT2D eigenvalue weighted by molar-refractivity contribution is 0.0751. The molecule has 108 valence electrons. The molecule has 2 aliphatic rings. The second kappa shape index (κ2) is 4.69. The van der Waals surface area contributed by atoms with Crippen molar-refractivity contribution in [1.82, 2.24) is 0 Å². The summed E-state index contributed by atoms with van der Waals surface area (Å²) in [7, 11) is 0. The standard InChI is InChI=1S/C20H22O/c1-20(12-3-2-4-13-20)19(21)17-11-10-15-9-8-14-6-5-7-16(17)18(14)15/h5-7,10-11H,2-4,8-9,12-13H2,1H3. The van der Waals surface area contributed by atoms with Crippen molar-refractivity contribution in [3.63, 3.8) is 0 Å². The smallest absolute Gasteiger partial charge is 0.169 e. The van der Waals surface area contributed by atoms with E-state index in [1.54, 1.807) is 0 Å². The Kier molecular flexibility index (Phi) is 2.92. The lowest BCUT2D eigenvalue weighted by Crippen LogP contribution is -2.30. The Hall–Kier alpha value is -1.63. The van der Waals surface area contributed by atoms with Crippen LogP contribution in [0.2, 0.25) is 0 Å². The predicted molar refractivity (Wildman–Crippen MR) is 86.9 cm³/mol. The minimum atomic E-state index is -0.142. The van der Waals surface area contributed by atoms with Gasteiger partial charge in [0.2, 0.25) is 0 Å². The van der Waals surface area contributed by atoms with Gasteiger partial charge in [-0.1, -0.05) is 56.5 Å². The summed E-state index contributed by atoms with van der Waals surface area (Å²) in [6.07, 6.45) is 8.03. The van der Waals surface area contributed by atoms with Crippen LogP contribution < -0.4 is 0 Å². The fourth-order valence-electron chi connectivity index (χ4n) is 4.33. The summed E-state index contributed by atoms with van der Waals surface area (Å²) >= 11 is 0. The highest BCUT2D eigenvalue weighted by Crippen LogP contribution is 2.41. The maximum absolute atomic E-state index is 13.2. The average molecular weight is 278 g/mol. The van der Waals surface area contributed by atoms with Crippen molar-refractivity contribution < 1.29 is 4.79 Å². The molecule has 0 unspecified atom stereocenters. The zero-order valence-electron chi connectivity index (χ0n) is 12.7. The predicted octanol–water partition coefficient (Wildman–Crippen LogP) is 5.09. The molecule has 0 aromatic heterocycles. The molecule has 0 heterocycles. The van der Waals surface area contributed by atoms with Crippen LogP contribution in [0.4, 0.5) is 0 Å². The first-order chi connectivity index (χ1) is 10.2. The minimum absolute atomic E-state index is 0.142. The van der Waals surface area contributed by atoms with Crippen LogP contribution in [0.1, 0.15) is 60.5 Å². The maximum Gasteiger partial charge on any atom is 0.169 e. The van der Waals surface area contributed by atoms with Crippen LogP contribution in [0.3, 0.4) is 0 Å². The lowest BCUT2D eigenvalue weighted by Gasteiger charge is -2.32. The molecule has 0 N–H and O–H groups in total. The van der Waals surface area contributed by atoms with Gasteiger partial charge >= 0.3 is 0 Å². The third kappa shape index (κ3) is 1.94. The molecule has 0 spiro atoms. The Morgan fingerprint density at radius 2 is 1.67 bits per heavy atom. The normalized spacial score (nSPS) is 19.9. The summed E-state index contributed by atoms with van der Waals surface area (Å²) in [5.74, 6) is 0.373. The van der Waals surface area contributed by atoms with Crippen LogP contribution in [-0.2, 0) is 12.8 Å². The molecule has 0 bridgehead atoms. The summed E-state index contributed by atoms with van der Waals surface area (Å²) in [4.78, 5) is 13.2. The third-order valence-electron chi connectivity index (χ3n) is 5.63. The van der Waals surface area contributed by atoms with Gasteiger partial charge in [-0.15, -0.1) is 0 Å². The summed E-state index contributed by atoms with van der Waals surface area (Å²) in [5.41, 5.74) is 3.66. The summed E-state index contributed by atoms with van der Waals surface area (Å²) in [6.45, 7) is 2.18. The van der Waals surface area contributed by atoms with Crippen molar-refractivity contribution in [3.8, 4) is 0 Å². The van der Waals surface area contributed by atoms with E-state index in [1.807, 2.05) is 0 Å². The number of hydrogen-bond donors (Lipinski definition) is 0. The number of Topliss-reactive ketones (excluding diaryl/α,β-unsaturated/α-hetero) is 1. The second-order valence-electron chi connectivity index (χ2n) is 7.06. The largest absolute Gasteiger partial charge is 0.294 e. The summed E-state index contributed by atoms with van der Waals surface area (Å²) < 4.78 is 0. The molecule has 0 saturated heterocycles. The van der Waals surface area contributed by atoms with Crippen molar-refractivity contribution in [2.45, 2.75) is 51.9 Å². The Morgan fingerprint density at radius 3 is 2.43 bits per heavy atom. The number of ketones is 1. The van der Waals surface area contributed by atoms with Gasteiger partial charge in [-0.05, 0) is 47.6 Å². The van der Waals surface area contributed by atoms with Crippen LogP contribution in [-0.4, -0.2) is 5.78 Å². The van der Waals surface area contributed by atoms with E-state index in [2.05, 4.69) is 37.3 Å². The lowest BCUT2D eigenvalue weighted by atomic mass is 9.70. The van der Waals surface area contributed by atoms with E-state index in [9.17, 15) is 4.79 Å². The van der Waals surface area contributed by atoms with Crippen molar-refractivity contribution in [2.24, 2.45) is 5.41 Å². The van der Waals surface area contributed by atoms with E-state index in [0.29, 0.717) is 5.78 Å². The van der Waals surface area contributed by atoms with E-state index < -0.39 is 0 Å². The summed E-state index contributed by atoms with van der Waals surface area (Å²) in [6, 6.07) is 10.8. The first kappa shape index (κ1) is 13.1. The number of carbonyl (C=O) groups is 1. The molecule has 2 aromatic rings. The molecule has 0 amide bonds. The van der Waals surface area contributed by atoms with Crippen LogP contribution >= 0.6 is 0 Å². The van der Waals surface area contributed by atoms with E-state index in [0.717, 1.165) is 31.2 Å². The van der Waals surface area contributed by atoms with Crippen LogP contribution in [0, 0.1) is 5.41 Å². The van der Waals surface area contributed by atoms with Gasteiger partial charge in [0.1, 0.15) is 0 Å². The minimum Gasteiger partial charge on any atom is -0.294 e. The van der Waals surface area contributed by atoms with Crippen molar-refractivity contribution in [2.75, 3.05) is 0 Å². The second-order valence-corrected chi connectivity index (χ2v) is 7.06. The SMILES string of the molecule is CC1(C(=O)c2ccc3c4c(cccc24)CC3)CCCCC1. The number of hydrogen-bond acceptors (Lipinski definition) is 1. The molecule has 21 heavy (non-hydrogen) atoms. The third-order valence-corrected chi connectivity index (χ3v) is 5.63. The fraction of sp³-hybridized carbons (Fsp3) is 0.450. The first-order valence-corrected chi connectivity index (χ1v) is 8.27. The van der Waals surface area contributed by atoms with E-state index in [4.69, 9.17) is 0 Å². The number of benzene rings is 2. The van der Waals surface area contributed by atoms with Crippen LogP contribution in [0.25, 0.3) is 10.8 Å². The molecule has 0 atom stereocenters. The van der Waals surface area contributed by atoms with E-state index in [1.165, 1.54) is 41.2 Å². The molecule has 1 saturated carbocycles. The average Bonchev–Trinajstić information content (AvgIpc) is 2.93. The van der Waals surface area contributed by atoms with Gasteiger partial charge in [0.25, 0.3) is 0 Å². The molecule has 1 heteroatoms. The van der Waals surface area contributed by atoms with Crippen LogP contribution in [0.15, 0.2) is 30.3 Å². The number of rotatable bonds is 2. The van der Waals surface area contributed by atoms with E-state index >= 15 is 0 Å². The molecule has 0 aliphatic heterocycles. The van der Waals surface area contributed by atoms with Gasteiger partial charge in [-0.3, -0.25) is 4.79 Å². The highest BCUT2D eigenvalue weighted by Gasteiger charge is 2.36. The molecular formula is C20H22O. The molecule has 4 rings (SSSR count). The maximum atomic E-state index is 13.2. The van der Waals surface area contributed by atoms with Gasteiger partial charge in [0, 0.05) is 11.0 Å². The molecule has 2 aromatic carbocycles. The topological polar surface area (TPSA) is 17.1 Å². The Balaban J connectivity index is 1.86. The summed E-state index contributed by atoms with van der Waals surface area (Å²) in [5, 5.41) is 2.56. The Labute approximate surface area is 126 Å². The number of carbonyl (C=O) groups excluding carboxylic acids is 1. The highest BCUT2D eigenvalue weighted by molar-refractivity contribution is 6.12. The quantitative estimate of drug-likeness (QED) is 0.699. The van der Waals surface area contributed by atoms with Gasteiger partial charge in [0.15, 0.2) is 5.78 Å². The van der Waals surface area contributed by atoms with Gasteiger partial charge in [0.05, 0.1) is 0 Å². The van der Waals surface area contributed by atoms with Crippen molar-refractivity contribution >= 4 is 16.6 Å². The first-order valence-electron chi connectivity index (χ1n) is 8.27. The molecule has 2 aliphatic carbocycles. The van der Waals surface area contributed by atoms with Gasteiger partial charge < -0.3 is 0 Å². The molecule has 0 radical (unpaired) electrons. The Morgan fingerprint density at radius 1 is 0.952 bits per heavy atom. The highest BCUT2D eigenvalue weighted by atomic mass is 16.1. The zero-order chi connectivity index (χ0) is 14.4. The zero-order valence-corrected chi connectivity index (χ0v) is 12.7. The van der Waals surface area contributed by atoms with Crippen LogP contribution in [0.5, 0.6) is 0 Å². The molecule has 1 nitrogen and oxygen atoms in total.